The Bertz CT molecular complexity index is 995. The van der Waals surface area contributed by atoms with Crippen LogP contribution in [-0.4, -0.2) is 62.8 Å². The minimum atomic E-state index is -1.38. The lowest BCUT2D eigenvalue weighted by Gasteiger charge is -2.41. The SMILES string of the molecule is Cc1c(O)c(CO)c2c3c1OC(c1ccccc1)CC3OC1C(O2)OC(CO)C(O)C1O. The number of aliphatic hydroxyl groups is 4. The molecule has 1 saturated heterocycles. The Labute approximate surface area is 184 Å². The van der Waals surface area contributed by atoms with Crippen LogP contribution in [0.3, 0.4) is 0 Å². The van der Waals surface area contributed by atoms with Crippen molar-refractivity contribution in [2.75, 3.05) is 6.61 Å². The van der Waals surface area contributed by atoms with Crippen LogP contribution in [0.2, 0.25) is 0 Å². The number of benzene rings is 2. The Morgan fingerprint density at radius 3 is 2.38 bits per heavy atom. The van der Waals surface area contributed by atoms with Crippen molar-refractivity contribution in [2.24, 2.45) is 0 Å². The highest BCUT2D eigenvalue weighted by molar-refractivity contribution is 5.63. The molecule has 5 rings (SSSR count). The van der Waals surface area contributed by atoms with Crippen molar-refractivity contribution in [3.05, 3.63) is 52.6 Å². The van der Waals surface area contributed by atoms with Gasteiger partial charge < -0.3 is 44.5 Å². The molecular weight excluding hydrogens is 420 g/mol. The van der Waals surface area contributed by atoms with Gasteiger partial charge in [-0.1, -0.05) is 30.3 Å². The minimum Gasteiger partial charge on any atom is -0.507 e. The predicted octanol–water partition coefficient (Wildman–Crippen LogP) is 0.974. The van der Waals surface area contributed by atoms with Gasteiger partial charge in [-0.3, -0.25) is 0 Å². The molecule has 0 spiro atoms. The zero-order valence-electron chi connectivity index (χ0n) is 17.4. The molecule has 9 heteroatoms. The summed E-state index contributed by atoms with van der Waals surface area (Å²) in [5, 5.41) is 51.4. The summed E-state index contributed by atoms with van der Waals surface area (Å²) in [7, 11) is 0. The van der Waals surface area contributed by atoms with Gasteiger partial charge in [0.1, 0.15) is 47.8 Å². The molecule has 1 fully saturated rings. The largest absolute Gasteiger partial charge is 0.507 e. The fourth-order valence-electron chi connectivity index (χ4n) is 4.73. The number of hydrogen-bond acceptors (Lipinski definition) is 9. The lowest BCUT2D eigenvalue weighted by atomic mass is 9.90. The van der Waals surface area contributed by atoms with Crippen molar-refractivity contribution < 1.29 is 44.5 Å². The van der Waals surface area contributed by atoms with Crippen LogP contribution < -0.4 is 9.47 Å². The van der Waals surface area contributed by atoms with E-state index in [0.717, 1.165) is 5.56 Å². The highest BCUT2D eigenvalue weighted by Gasteiger charge is 2.51. The minimum absolute atomic E-state index is 0.155. The van der Waals surface area contributed by atoms with Crippen LogP contribution in [0, 0.1) is 6.92 Å². The van der Waals surface area contributed by atoms with E-state index in [4.69, 9.17) is 18.9 Å². The average Bonchev–Trinajstić information content (AvgIpc) is 2.98. The first kappa shape index (κ1) is 21.4. The van der Waals surface area contributed by atoms with E-state index in [1.165, 1.54) is 0 Å². The highest BCUT2D eigenvalue weighted by atomic mass is 16.7. The van der Waals surface area contributed by atoms with Gasteiger partial charge >= 0.3 is 0 Å². The Kier molecular flexibility index (Phi) is 5.48. The molecule has 2 aromatic carbocycles. The molecule has 9 nitrogen and oxygen atoms in total. The van der Waals surface area contributed by atoms with Gasteiger partial charge in [-0.05, 0) is 12.5 Å². The quantitative estimate of drug-likeness (QED) is 0.467. The van der Waals surface area contributed by atoms with E-state index >= 15 is 0 Å². The van der Waals surface area contributed by atoms with Gasteiger partial charge in [0.05, 0.1) is 30.4 Å². The highest BCUT2D eigenvalue weighted by Crippen LogP contribution is 2.55. The normalized spacial score (nSPS) is 33.3. The van der Waals surface area contributed by atoms with Gasteiger partial charge in [0, 0.05) is 12.0 Å². The second-order valence-corrected chi connectivity index (χ2v) is 8.35. The van der Waals surface area contributed by atoms with E-state index in [1.807, 2.05) is 30.3 Å². The summed E-state index contributed by atoms with van der Waals surface area (Å²) < 4.78 is 24.3. The summed E-state index contributed by atoms with van der Waals surface area (Å²) in [6, 6.07) is 9.56. The van der Waals surface area contributed by atoms with Crippen LogP contribution in [0.15, 0.2) is 30.3 Å². The summed E-state index contributed by atoms with van der Waals surface area (Å²) >= 11 is 0. The molecule has 0 bridgehead atoms. The molecule has 7 unspecified atom stereocenters. The van der Waals surface area contributed by atoms with Gasteiger partial charge in [-0.2, -0.15) is 0 Å². The lowest BCUT2D eigenvalue weighted by Crippen LogP contribution is -2.60. The third-order valence-corrected chi connectivity index (χ3v) is 6.46. The average molecular weight is 446 g/mol. The van der Waals surface area contributed by atoms with Crippen LogP contribution in [0.4, 0.5) is 0 Å². The van der Waals surface area contributed by atoms with E-state index in [9.17, 15) is 25.5 Å². The smallest absolute Gasteiger partial charge is 0.229 e. The van der Waals surface area contributed by atoms with Crippen molar-refractivity contribution in [1.82, 2.24) is 0 Å². The van der Waals surface area contributed by atoms with Gasteiger partial charge in [0.15, 0.2) is 0 Å². The van der Waals surface area contributed by atoms with Crippen molar-refractivity contribution >= 4 is 0 Å². The van der Waals surface area contributed by atoms with E-state index in [2.05, 4.69) is 0 Å². The maximum Gasteiger partial charge on any atom is 0.229 e. The van der Waals surface area contributed by atoms with Crippen molar-refractivity contribution in [3.8, 4) is 17.2 Å². The maximum absolute atomic E-state index is 10.8. The zero-order chi connectivity index (χ0) is 22.6. The number of aromatic hydroxyl groups is 1. The molecule has 0 saturated carbocycles. The molecule has 0 aromatic heterocycles. The van der Waals surface area contributed by atoms with Crippen molar-refractivity contribution in [2.45, 2.75) is 62.9 Å². The summed E-state index contributed by atoms with van der Waals surface area (Å²) in [6.45, 7) is 0.650. The van der Waals surface area contributed by atoms with Crippen molar-refractivity contribution in [3.63, 3.8) is 0 Å². The molecule has 5 N–H and O–H groups in total. The Balaban J connectivity index is 1.64. The van der Waals surface area contributed by atoms with Crippen LogP contribution in [0.1, 0.15) is 40.9 Å². The van der Waals surface area contributed by atoms with Crippen LogP contribution >= 0.6 is 0 Å². The molecule has 32 heavy (non-hydrogen) atoms. The Morgan fingerprint density at radius 1 is 0.938 bits per heavy atom. The number of ether oxygens (including phenoxy) is 4. The zero-order valence-corrected chi connectivity index (χ0v) is 17.4. The molecule has 3 aliphatic rings. The summed E-state index contributed by atoms with van der Waals surface area (Å²) in [5.41, 5.74) is 2.01. The standard InChI is InChI=1S/C23H26O9/c1-10-17(26)12(8-24)21-16-14(7-13(29-20(10)16)11-5-3-2-4-6-11)30-22-19(28)18(27)15(9-25)31-23(22)32-21/h2-6,13-15,18-19,22-28H,7-9H2,1H3. The van der Waals surface area contributed by atoms with Crippen LogP contribution in [0.5, 0.6) is 17.2 Å². The molecule has 172 valence electrons. The first-order chi connectivity index (χ1) is 15.4. The Hall–Kier alpha value is -2.40. The number of aliphatic hydroxyl groups excluding tert-OH is 4. The number of fused-ring (bicyclic) bond motifs is 1. The number of rotatable bonds is 3. The van der Waals surface area contributed by atoms with E-state index in [1.54, 1.807) is 6.92 Å². The third-order valence-electron chi connectivity index (χ3n) is 6.46. The summed E-state index contributed by atoms with van der Waals surface area (Å²) in [5.74, 6) is 0.379. The first-order valence-electron chi connectivity index (χ1n) is 10.6. The topological polar surface area (TPSA) is 138 Å². The molecular formula is C23H26O9. The monoisotopic (exact) mass is 446 g/mol. The maximum atomic E-state index is 10.8. The molecule has 3 aliphatic heterocycles. The van der Waals surface area contributed by atoms with Crippen LogP contribution in [0.25, 0.3) is 0 Å². The second kappa shape index (κ2) is 8.18. The molecule has 0 amide bonds. The molecule has 2 aromatic rings. The second-order valence-electron chi connectivity index (χ2n) is 8.35. The number of hydrogen-bond donors (Lipinski definition) is 5. The van der Waals surface area contributed by atoms with Gasteiger partial charge in [-0.15, -0.1) is 0 Å². The summed E-state index contributed by atoms with van der Waals surface area (Å²) in [6.07, 6.45) is -6.73. The fourth-order valence-corrected chi connectivity index (χ4v) is 4.73. The molecule has 0 radical (unpaired) electrons. The predicted molar refractivity (Wildman–Crippen MR) is 109 cm³/mol. The molecule has 7 atom stereocenters. The van der Waals surface area contributed by atoms with E-state index in [0.29, 0.717) is 23.3 Å². The van der Waals surface area contributed by atoms with Crippen LogP contribution in [-0.2, 0) is 16.1 Å². The Morgan fingerprint density at radius 2 is 1.69 bits per heavy atom. The van der Waals surface area contributed by atoms with Crippen molar-refractivity contribution in [1.29, 1.82) is 0 Å². The van der Waals surface area contributed by atoms with Gasteiger partial charge in [0.2, 0.25) is 6.29 Å². The third kappa shape index (κ3) is 3.24. The fraction of sp³-hybridized carbons (Fsp3) is 0.478. The molecule has 0 aliphatic carbocycles. The van der Waals surface area contributed by atoms with Gasteiger partial charge in [-0.25, -0.2) is 0 Å². The van der Waals surface area contributed by atoms with E-state index in [-0.39, 0.29) is 17.1 Å². The number of phenols is 1. The van der Waals surface area contributed by atoms with E-state index < -0.39 is 56.1 Å². The first-order valence-corrected chi connectivity index (χ1v) is 10.6. The lowest BCUT2D eigenvalue weighted by molar-refractivity contribution is -0.292. The summed E-state index contributed by atoms with van der Waals surface area (Å²) in [4.78, 5) is 0. The van der Waals surface area contributed by atoms with Gasteiger partial charge in [0.25, 0.3) is 0 Å². The molecule has 3 heterocycles.